The Morgan fingerprint density at radius 3 is 2.18 bits per heavy atom. The van der Waals surface area contributed by atoms with Gasteiger partial charge in [-0.2, -0.15) is 0 Å². The number of ether oxygens (including phenoxy) is 1. The van der Waals surface area contributed by atoms with Crippen LogP contribution >= 0.6 is 15.9 Å². The van der Waals surface area contributed by atoms with Crippen molar-refractivity contribution < 1.29 is 4.74 Å². The van der Waals surface area contributed by atoms with Gasteiger partial charge < -0.3 is 9.30 Å². The van der Waals surface area contributed by atoms with Gasteiger partial charge in [0.15, 0.2) is 0 Å². The molecule has 0 saturated heterocycles. The van der Waals surface area contributed by atoms with Crippen molar-refractivity contribution in [3.8, 4) is 5.75 Å². The maximum absolute atomic E-state index is 5.70. The molecule has 17 heavy (non-hydrogen) atoms. The van der Waals surface area contributed by atoms with Gasteiger partial charge in [-0.15, -0.1) is 0 Å². The summed E-state index contributed by atoms with van der Waals surface area (Å²) < 4.78 is 9.04. The van der Waals surface area contributed by atoms with Crippen molar-refractivity contribution >= 4 is 15.9 Å². The number of benzene rings is 1. The lowest BCUT2D eigenvalue weighted by molar-refractivity contribution is 0.296. The first-order valence-electron chi connectivity index (χ1n) is 5.68. The predicted molar refractivity (Wildman–Crippen MR) is 73.5 cm³/mol. The summed E-state index contributed by atoms with van der Waals surface area (Å²) in [5.74, 6) is 0.913. The van der Waals surface area contributed by atoms with Crippen LogP contribution in [0.15, 0.2) is 40.9 Å². The van der Waals surface area contributed by atoms with Crippen LogP contribution in [0.3, 0.4) is 0 Å². The predicted octanol–water partition coefficient (Wildman–Crippen LogP) is 3.95. The Bertz CT molecular complexity index is 468. The first kappa shape index (κ1) is 12.2. The molecule has 3 heteroatoms. The molecule has 1 aromatic carbocycles. The molecule has 0 aliphatic heterocycles. The fourth-order valence-electron chi connectivity index (χ4n) is 1.84. The van der Waals surface area contributed by atoms with Gasteiger partial charge in [-0.25, -0.2) is 0 Å². The van der Waals surface area contributed by atoms with Crippen LogP contribution in [0, 0.1) is 13.8 Å². The molecular formula is C14H16BrNO. The van der Waals surface area contributed by atoms with E-state index in [9.17, 15) is 0 Å². The number of halogens is 1. The Morgan fingerprint density at radius 1 is 1.00 bits per heavy atom. The minimum atomic E-state index is 0.692. The molecular weight excluding hydrogens is 278 g/mol. The summed E-state index contributed by atoms with van der Waals surface area (Å²) in [6.07, 6.45) is 0. The van der Waals surface area contributed by atoms with Crippen molar-refractivity contribution in [1.82, 2.24) is 4.57 Å². The average Bonchev–Trinajstić information content (AvgIpc) is 2.63. The summed E-state index contributed by atoms with van der Waals surface area (Å²) in [7, 11) is 0. The summed E-state index contributed by atoms with van der Waals surface area (Å²) in [5, 5.41) is 0. The van der Waals surface area contributed by atoms with E-state index in [-0.39, 0.29) is 0 Å². The zero-order chi connectivity index (χ0) is 12.3. The molecule has 1 heterocycles. The average molecular weight is 294 g/mol. The topological polar surface area (TPSA) is 14.2 Å². The molecule has 90 valence electrons. The molecule has 0 fully saturated rings. The molecule has 0 amide bonds. The molecule has 2 rings (SSSR count). The maximum atomic E-state index is 5.70. The molecule has 0 aliphatic carbocycles. The number of aryl methyl sites for hydroxylation is 2. The van der Waals surface area contributed by atoms with E-state index in [1.807, 2.05) is 24.3 Å². The second-order valence-corrected chi connectivity index (χ2v) is 4.99. The Labute approximate surface area is 110 Å². The SMILES string of the molecule is Cc1ccc(C)n1CCOc1ccc(Br)cc1. The number of hydrogen-bond acceptors (Lipinski definition) is 1. The molecule has 2 aromatic rings. The zero-order valence-electron chi connectivity index (χ0n) is 10.1. The van der Waals surface area contributed by atoms with E-state index in [4.69, 9.17) is 4.74 Å². The van der Waals surface area contributed by atoms with E-state index in [1.54, 1.807) is 0 Å². The first-order chi connectivity index (χ1) is 8.16. The highest BCUT2D eigenvalue weighted by molar-refractivity contribution is 9.10. The normalized spacial score (nSPS) is 10.5. The van der Waals surface area contributed by atoms with E-state index in [2.05, 4.69) is 46.5 Å². The van der Waals surface area contributed by atoms with Crippen LogP contribution in [0.2, 0.25) is 0 Å². The van der Waals surface area contributed by atoms with Crippen LogP contribution in [0.1, 0.15) is 11.4 Å². The van der Waals surface area contributed by atoms with E-state index in [1.165, 1.54) is 11.4 Å². The molecule has 0 radical (unpaired) electrons. The highest BCUT2D eigenvalue weighted by Crippen LogP contribution is 2.16. The van der Waals surface area contributed by atoms with Gasteiger partial charge in [0.1, 0.15) is 12.4 Å². The number of nitrogens with zero attached hydrogens (tertiary/aromatic N) is 1. The molecule has 2 nitrogen and oxygen atoms in total. The lowest BCUT2D eigenvalue weighted by atomic mass is 10.3. The number of rotatable bonds is 4. The van der Waals surface area contributed by atoms with Gasteiger partial charge >= 0.3 is 0 Å². The van der Waals surface area contributed by atoms with Crippen LogP contribution in [0.5, 0.6) is 5.75 Å². The molecule has 0 N–H and O–H groups in total. The van der Waals surface area contributed by atoms with Gasteiger partial charge in [-0.05, 0) is 50.2 Å². The van der Waals surface area contributed by atoms with E-state index >= 15 is 0 Å². The third-order valence-corrected chi connectivity index (χ3v) is 3.34. The van der Waals surface area contributed by atoms with E-state index in [0.29, 0.717) is 6.61 Å². The molecule has 0 atom stereocenters. The van der Waals surface area contributed by atoms with Gasteiger partial charge in [-0.3, -0.25) is 0 Å². The Balaban J connectivity index is 1.90. The Kier molecular flexibility index (Phi) is 3.89. The van der Waals surface area contributed by atoms with Crippen LogP contribution < -0.4 is 4.74 Å². The highest BCUT2D eigenvalue weighted by Gasteiger charge is 2.00. The van der Waals surface area contributed by atoms with Gasteiger partial charge in [0, 0.05) is 15.9 Å². The summed E-state index contributed by atoms with van der Waals surface area (Å²) in [5.41, 5.74) is 2.56. The maximum Gasteiger partial charge on any atom is 0.119 e. The lowest BCUT2D eigenvalue weighted by Gasteiger charge is -2.10. The van der Waals surface area contributed by atoms with Crippen LogP contribution in [0.4, 0.5) is 0 Å². The number of aromatic nitrogens is 1. The highest BCUT2D eigenvalue weighted by atomic mass is 79.9. The van der Waals surface area contributed by atoms with Crippen molar-refractivity contribution in [2.24, 2.45) is 0 Å². The molecule has 1 aromatic heterocycles. The first-order valence-corrected chi connectivity index (χ1v) is 6.47. The monoisotopic (exact) mass is 293 g/mol. The third-order valence-electron chi connectivity index (χ3n) is 2.81. The van der Waals surface area contributed by atoms with Crippen molar-refractivity contribution in [2.45, 2.75) is 20.4 Å². The minimum absolute atomic E-state index is 0.692. The fraction of sp³-hybridized carbons (Fsp3) is 0.286. The van der Waals surface area contributed by atoms with Gasteiger partial charge in [0.05, 0.1) is 6.54 Å². The summed E-state index contributed by atoms with van der Waals surface area (Å²) in [4.78, 5) is 0. The van der Waals surface area contributed by atoms with Gasteiger partial charge in [-0.1, -0.05) is 15.9 Å². The smallest absolute Gasteiger partial charge is 0.119 e. The summed E-state index contributed by atoms with van der Waals surface area (Å²) in [6, 6.07) is 12.2. The summed E-state index contributed by atoms with van der Waals surface area (Å²) in [6.45, 7) is 5.82. The van der Waals surface area contributed by atoms with Gasteiger partial charge in [0.25, 0.3) is 0 Å². The van der Waals surface area contributed by atoms with Crippen molar-refractivity contribution in [3.63, 3.8) is 0 Å². The van der Waals surface area contributed by atoms with Crippen LogP contribution in [-0.2, 0) is 6.54 Å². The van der Waals surface area contributed by atoms with Crippen molar-refractivity contribution in [1.29, 1.82) is 0 Å². The van der Waals surface area contributed by atoms with Crippen LogP contribution in [0.25, 0.3) is 0 Å². The van der Waals surface area contributed by atoms with E-state index < -0.39 is 0 Å². The minimum Gasteiger partial charge on any atom is -0.492 e. The molecule has 0 spiro atoms. The zero-order valence-corrected chi connectivity index (χ0v) is 11.7. The fourth-order valence-corrected chi connectivity index (χ4v) is 2.10. The molecule has 0 unspecified atom stereocenters. The molecule has 0 bridgehead atoms. The van der Waals surface area contributed by atoms with Crippen molar-refractivity contribution in [2.75, 3.05) is 6.61 Å². The Hall–Kier alpha value is -1.22. The van der Waals surface area contributed by atoms with Gasteiger partial charge in [0.2, 0.25) is 0 Å². The standard InChI is InChI=1S/C14H16BrNO/c1-11-3-4-12(2)16(11)9-10-17-14-7-5-13(15)6-8-14/h3-8H,9-10H2,1-2H3. The quantitative estimate of drug-likeness (QED) is 0.833. The Morgan fingerprint density at radius 2 is 1.59 bits per heavy atom. The van der Waals surface area contributed by atoms with Crippen molar-refractivity contribution in [3.05, 3.63) is 52.3 Å². The molecule has 0 saturated carbocycles. The largest absolute Gasteiger partial charge is 0.492 e. The third kappa shape index (κ3) is 3.13. The second-order valence-electron chi connectivity index (χ2n) is 4.07. The summed E-state index contributed by atoms with van der Waals surface area (Å²) >= 11 is 3.40. The number of hydrogen-bond donors (Lipinski definition) is 0. The second kappa shape index (κ2) is 5.41. The van der Waals surface area contributed by atoms with Crippen LogP contribution in [-0.4, -0.2) is 11.2 Å². The van der Waals surface area contributed by atoms with E-state index in [0.717, 1.165) is 16.8 Å². The lowest BCUT2D eigenvalue weighted by Crippen LogP contribution is -2.10. The molecule has 0 aliphatic rings.